The zero-order valence-electron chi connectivity index (χ0n) is 11.7. The SMILES string of the molecule is COc1cc(C(=O)NCC2CCCC(N)C2)ccc1F. The van der Waals surface area contributed by atoms with Crippen molar-refractivity contribution in [3.63, 3.8) is 0 Å². The second kappa shape index (κ2) is 6.70. The molecule has 0 bridgehead atoms. The molecule has 1 amide bonds. The van der Waals surface area contributed by atoms with Crippen molar-refractivity contribution in [2.75, 3.05) is 13.7 Å². The van der Waals surface area contributed by atoms with Crippen molar-refractivity contribution in [1.82, 2.24) is 5.32 Å². The third-order valence-corrected chi connectivity index (χ3v) is 3.79. The van der Waals surface area contributed by atoms with Crippen LogP contribution in [0.2, 0.25) is 0 Å². The zero-order chi connectivity index (χ0) is 14.5. The van der Waals surface area contributed by atoms with E-state index in [1.807, 2.05) is 0 Å². The maximum Gasteiger partial charge on any atom is 0.251 e. The third-order valence-electron chi connectivity index (χ3n) is 3.79. The first-order valence-electron chi connectivity index (χ1n) is 6.97. The van der Waals surface area contributed by atoms with Crippen LogP contribution in [0.3, 0.4) is 0 Å². The van der Waals surface area contributed by atoms with Crippen molar-refractivity contribution in [3.05, 3.63) is 29.6 Å². The standard InChI is InChI=1S/C15H21FN2O2/c1-20-14-8-11(5-6-13(14)16)15(19)18-9-10-3-2-4-12(17)7-10/h5-6,8,10,12H,2-4,7,9,17H2,1H3,(H,18,19). The number of methoxy groups -OCH3 is 1. The van der Waals surface area contributed by atoms with Crippen LogP contribution < -0.4 is 15.8 Å². The second-order valence-corrected chi connectivity index (χ2v) is 5.35. The Morgan fingerprint density at radius 2 is 2.30 bits per heavy atom. The van der Waals surface area contributed by atoms with Gasteiger partial charge in [-0.15, -0.1) is 0 Å². The van der Waals surface area contributed by atoms with E-state index in [0.29, 0.717) is 18.0 Å². The third kappa shape index (κ3) is 3.70. The number of benzene rings is 1. The summed E-state index contributed by atoms with van der Waals surface area (Å²) in [5, 5.41) is 2.89. The van der Waals surface area contributed by atoms with Gasteiger partial charge in [0.05, 0.1) is 7.11 Å². The summed E-state index contributed by atoms with van der Waals surface area (Å²) < 4.78 is 18.2. The highest BCUT2D eigenvalue weighted by Crippen LogP contribution is 2.22. The van der Waals surface area contributed by atoms with Crippen LogP contribution >= 0.6 is 0 Å². The van der Waals surface area contributed by atoms with Gasteiger partial charge in [-0.05, 0) is 43.4 Å². The van der Waals surface area contributed by atoms with E-state index in [2.05, 4.69) is 5.32 Å². The number of hydrogen-bond donors (Lipinski definition) is 2. The Labute approximate surface area is 118 Å². The molecule has 1 aliphatic carbocycles. The Morgan fingerprint density at radius 1 is 1.50 bits per heavy atom. The number of carbonyl (C=O) groups excluding carboxylic acids is 1. The van der Waals surface area contributed by atoms with E-state index in [0.717, 1.165) is 25.7 Å². The van der Waals surface area contributed by atoms with E-state index in [9.17, 15) is 9.18 Å². The van der Waals surface area contributed by atoms with Gasteiger partial charge in [0.1, 0.15) is 0 Å². The van der Waals surface area contributed by atoms with Gasteiger partial charge in [-0.25, -0.2) is 4.39 Å². The molecule has 0 heterocycles. The van der Waals surface area contributed by atoms with Crippen molar-refractivity contribution in [2.24, 2.45) is 11.7 Å². The maximum atomic E-state index is 13.3. The number of ether oxygens (including phenoxy) is 1. The predicted octanol–water partition coefficient (Wildman–Crippen LogP) is 2.08. The highest BCUT2D eigenvalue weighted by atomic mass is 19.1. The number of rotatable bonds is 4. The fraction of sp³-hybridized carbons (Fsp3) is 0.533. The minimum Gasteiger partial charge on any atom is -0.494 e. The number of nitrogens with two attached hydrogens (primary N) is 1. The van der Waals surface area contributed by atoms with Crippen LogP contribution in [0.1, 0.15) is 36.0 Å². The predicted molar refractivity (Wildman–Crippen MR) is 75.2 cm³/mol. The van der Waals surface area contributed by atoms with Crippen molar-refractivity contribution in [1.29, 1.82) is 0 Å². The fourth-order valence-corrected chi connectivity index (χ4v) is 2.66. The van der Waals surface area contributed by atoms with E-state index in [1.54, 1.807) is 0 Å². The molecule has 0 aliphatic heterocycles. The van der Waals surface area contributed by atoms with Gasteiger partial charge in [0.2, 0.25) is 0 Å². The van der Waals surface area contributed by atoms with E-state index in [4.69, 9.17) is 10.5 Å². The van der Waals surface area contributed by atoms with Gasteiger partial charge in [-0.3, -0.25) is 4.79 Å². The minimum absolute atomic E-state index is 0.0809. The van der Waals surface area contributed by atoms with Crippen LogP contribution in [-0.2, 0) is 0 Å². The quantitative estimate of drug-likeness (QED) is 0.887. The van der Waals surface area contributed by atoms with Crippen molar-refractivity contribution in [2.45, 2.75) is 31.7 Å². The van der Waals surface area contributed by atoms with Gasteiger partial charge in [-0.2, -0.15) is 0 Å². The van der Waals surface area contributed by atoms with Gasteiger partial charge in [0.15, 0.2) is 11.6 Å². The Morgan fingerprint density at radius 3 is 3.00 bits per heavy atom. The second-order valence-electron chi connectivity index (χ2n) is 5.35. The molecular formula is C15H21FN2O2. The highest BCUT2D eigenvalue weighted by molar-refractivity contribution is 5.94. The first kappa shape index (κ1) is 14.8. The molecule has 0 saturated heterocycles. The summed E-state index contributed by atoms with van der Waals surface area (Å²) in [6.07, 6.45) is 4.24. The number of nitrogens with one attached hydrogen (secondary N) is 1. The van der Waals surface area contributed by atoms with Gasteiger partial charge >= 0.3 is 0 Å². The van der Waals surface area contributed by atoms with Gasteiger partial charge in [0, 0.05) is 18.2 Å². The summed E-state index contributed by atoms with van der Waals surface area (Å²) in [5.74, 6) is -0.160. The van der Waals surface area contributed by atoms with Crippen LogP contribution in [-0.4, -0.2) is 25.6 Å². The number of hydrogen-bond acceptors (Lipinski definition) is 3. The lowest BCUT2D eigenvalue weighted by Crippen LogP contribution is -2.35. The molecule has 20 heavy (non-hydrogen) atoms. The molecule has 5 heteroatoms. The van der Waals surface area contributed by atoms with Crippen molar-refractivity contribution < 1.29 is 13.9 Å². The normalized spacial score (nSPS) is 22.4. The Balaban J connectivity index is 1.91. The molecule has 0 spiro atoms. The van der Waals surface area contributed by atoms with Crippen LogP contribution in [0.15, 0.2) is 18.2 Å². The highest BCUT2D eigenvalue weighted by Gasteiger charge is 2.20. The summed E-state index contributed by atoms with van der Waals surface area (Å²) in [4.78, 5) is 12.0. The molecule has 0 aromatic heterocycles. The molecule has 2 atom stereocenters. The molecule has 1 saturated carbocycles. The van der Waals surface area contributed by atoms with Crippen molar-refractivity contribution in [3.8, 4) is 5.75 Å². The Hall–Kier alpha value is -1.62. The lowest BCUT2D eigenvalue weighted by atomic mass is 9.86. The van der Waals surface area contributed by atoms with Crippen molar-refractivity contribution >= 4 is 5.91 Å². The van der Waals surface area contributed by atoms with E-state index in [1.165, 1.54) is 25.3 Å². The molecule has 1 aromatic rings. The summed E-state index contributed by atoms with van der Waals surface area (Å²) in [6, 6.07) is 4.36. The molecule has 2 unspecified atom stereocenters. The van der Waals surface area contributed by atoms with Gasteiger partial charge in [-0.1, -0.05) is 6.42 Å². The van der Waals surface area contributed by atoms with E-state index in [-0.39, 0.29) is 17.7 Å². The number of carbonyl (C=O) groups is 1. The Bertz CT molecular complexity index is 479. The van der Waals surface area contributed by atoms with Gasteiger partial charge < -0.3 is 15.8 Å². The fourth-order valence-electron chi connectivity index (χ4n) is 2.66. The molecule has 1 aliphatic rings. The largest absolute Gasteiger partial charge is 0.494 e. The molecule has 1 fully saturated rings. The van der Waals surface area contributed by atoms with Crippen LogP contribution in [0.4, 0.5) is 4.39 Å². The first-order valence-corrected chi connectivity index (χ1v) is 6.97. The molecule has 4 nitrogen and oxygen atoms in total. The van der Waals surface area contributed by atoms with Crippen LogP contribution in [0.5, 0.6) is 5.75 Å². The molecule has 0 radical (unpaired) electrons. The summed E-state index contributed by atoms with van der Waals surface area (Å²) >= 11 is 0. The smallest absolute Gasteiger partial charge is 0.251 e. The summed E-state index contributed by atoms with van der Waals surface area (Å²) in [7, 11) is 1.38. The Kier molecular flexibility index (Phi) is 4.95. The average Bonchev–Trinajstić information content (AvgIpc) is 2.45. The number of halogens is 1. The lowest BCUT2D eigenvalue weighted by molar-refractivity contribution is 0.0942. The maximum absolute atomic E-state index is 13.3. The van der Waals surface area contributed by atoms with Crippen LogP contribution in [0, 0.1) is 11.7 Å². The topological polar surface area (TPSA) is 64.3 Å². The molecule has 1 aromatic carbocycles. The summed E-state index contributed by atoms with van der Waals surface area (Å²) in [5.41, 5.74) is 6.33. The van der Waals surface area contributed by atoms with E-state index < -0.39 is 5.82 Å². The molecule has 110 valence electrons. The number of amides is 1. The monoisotopic (exact) mass is 280 g/mol. The minimum atomic E-state index is -0.470. The van der Waals surface area contributed by atoms with Crippen LogP contribution in [0.25, 0.3) is 0 Å². The average molecular weight is 280 g/mol. The molecule has 3 N–H and O–H groups in total. The van der Waals surface area contributed by atoms with Gasteiger partial charge in [0.25, 0.3) is 5.91 Å². The first-order chi connectivity index (χ1) is 9.60. The van der Waals surface area contributed by atoms with E-state index >= 15 is 0 Å². The molecular weight excluding hydrogens is 259 g/mol. The summed E-state index contributed by atoms with van der Waals surface area (Å²) in [6.45, 7) is 0.617. The zero-order valence-corrected chi connectivity index (χ0v) is 11.7. The molecule has 2 rings (SSSR count). The lowest BCUT2D eigenvalue weighted by Gasteiger charge is -2.26.